The second-order valence-electron chi connectivity index (χ2n) is 5.71. The SMILES string of the molecule is Cc1cc(S(=O)(=O)N2CCN(C(=O)c3ccco3)CC2)c(Cl)cc1Cl. The van der Waals surface area contributed by atoms with Crippen molar-refractivity contribution < 1.29 is 17.6 Å². The van der Waals surface area contributed by atoms with Gasteiger partial charge in [0.25, 0.3) is 5.91 Å². The Hall–Kier alpha value is -1.54. The number of benzene rings is 1. The number of rotatable bonds is 3. The number of hydrogen-bond acceptors (Lipinski definition) is 4. The Morgan fingerprint density at radius 1 is 1.12 bits per heavy atom. The quantitative estimate of drug-likeness (QED) is 0.790. The summed E-state index contributed by atoms with van der Waals surface area (Å²) in [4.78, 5) is 13.9. The largest absolute Gasteiger partial charge is 0.459 e. The van der Waals surface area contributed by atoms with Crippen molar-refractivity contribution in [1.82, 2.24) is 9.21 Å². The van der Waals surface area contributed by atoms with Gasteiger partial charge in [-0.25, -0.2) is 8.42 Å². The summed E-state index contributed by atoms with van der Waals surface area (Å²) in [6, 6.07) is 6.13. The van der Waals surface area contributed by atoms with Crippen molar-refractivity contribution >= 4 is 39.1 Å². The molecule has 2 aromatic rings. The second-order valence-corrected chi connectivity index (χ2v) is 8.43. The predicted octanol–water partition coefficient (Wildman–Crippen LogP) is 3.04. The minimum atomic E-state index is -3.75. The van der Waals surface area contributed by atoms with Crippen LogP contribution in [0.5, 0.6) is 0 Å². The van der Waals surface area contributed by atoms with Crippen molar-refractivity contribution in [3.05, 3.63) is 51.9 Å². The first-order valence-corrected chi connectivity index (χ1v) is 9.79. The van der Waals surface area contributed by atoms with Crippen molar-refractivity contribution in [3.8, 4) is 0 Å². The third-order valence-corrected chi connectivity index (χ3v) is 6.86. The van der Waals surface area contributed by atoms with Crippen LogP contribution in [-0.4, -0.2) is 49.7 Å². The number of furan rings is 1. The fourth-order valence-corrected chi connectivity index (χ4v) is 4.88. The summed E-state index contributed by atoms with van der Waals surface area (Å²) >= 11 is 12.1. The number of amides is 1. The van der Waals surface area contributed by atoms with Gasteiger partial charge in [-0.1, -0.05) is 23.2 Å². The summed E-state index contributed by atoms with van der Waals surface area (Å²) in [5.74, 6) is -0.00454. The zero-order valence-electron chi connectivity index (χ0n) is 13.4. The molecule has 0 spiro atoms. The zero-order valence-corrected chi connectivity index (χ0v) is 15.7. The molecular weight excluding hydrogens is 387 g/mol. The Morgan fingerprint density at radius 3 is 2.40 bits per heavy atom. The van der Waals surface area contributed by atoms with Crippen LogP contribution in [0.2, 0.25) is 10.0 Å². The molecule has 1 saturated heterocycles. The number of carbonyl (C=O) groups is 1. The Kier molecular flexibility index (Phi) is 5.11. The molecule has 134 valence electrons. The summed E-state index contributed by atoms with van der Waals surface area (Å²) < 4.78 is 32.1. The second kappa shape index (κ2) is 6.99. The van der Waals surface area contributed by atoms with E-state index in [-0.39, 0.29) is 47.8 Å². The van der Waals surface area contributed by atoms with Crippen LogP contribution < -0.4 is 0 Å². The normalized spacial score (nSPS) is 16.2. The Bertz CT molecular complexity index is 889. The third kappa shape index (κ3) is 3.55. The van der Waals surface area contributed by atoms with Crippen LogP contribution in [-0.2, 0) is 10.0 Å². The maximum Gasteiger partial charge on any atom is 0.289 e. The van der Waals surface area contributed by atoms with Gasteiger partial charge in [-0.15, -0.1) is 0 Å². The Balaban J connectivity index is 1.76. The van der Waals surface area contributed by atoms with Crippen molar-refractivity contribution in [3.63, 3.8) is 0 Å². The van der Waals surface area contributed by atoms with Crippen LogP contribution >= 0.6 is 23.2 Å². The molecule has 0 aliphatic carbocycles. The van der Waals surface area contributed by atoms with Crippen LogP contribution in [0.15, 0.2) is 39.8 Å². The minimum Gasteiger partial charge on any atom is -0.459 e. The molecule has 0 radical (unpaired) electrons. The molecule has 25 heavy (non-hydrogen) atoms. The van der Waals surface area contributed by atoms with Gasteiger partial charge in [0.05, 0.1) is 11.3 Å². The molecule has 2 heterocycles. The number of nitrogens with zero attached hydrogens (tertiary/aromatic N) is 2. The van der Waals surface area contributed by atoms with Gasteiger partial charge in [-0.05, 0) is 36.8 Å². The van der Waals surface area contributed by atoms with Gasteiger partial charge in [0.1, 0.15) is 4.90 Å². The van der Waals surface area contributed by atoms with Crippen LogP contribution in [0.1, 0.15) is 16.1 Å². The Labute approximate surface area is 156 Å². The molecule has 0 unspecified atom stereocenters. The summed E-state index contributed by atoms with van der Waals surface area (Å²) in [6.45, 7) is 2.66. The average Bonchev–Trinajstić information content (AvgIpc) is 3.12. The molecule has 1 amide bonds. The van der Waals surface area contributed by atoms with E-state index in [4.69, 9.17) is 27.6 Å². The number of carbonyl (C=O) groups excluding carboxylic acids is 1. The number of halogens is 2. The topological polar surface area (TPSA) is 70.8 Å². The molecule has 9 heteroatoms. The van der Waals surface area contributed by atoms with Gasteiger partial charge >= 0.3 is 0 Å². The molecule has 1 aromatic heterocycles. The van der Waals surface area contributed by atoms with E-state index in [1.165, 1.54) is 22.7 Å². The lowest BCUT2D eigenvalue weighted by Gasteiger charge is -2.33. The first-order valence-electron chi connectivity index (χ1n) is 7.59. The van der Waals surface area contributed by atoms with Crippen molar-refractivity contribution in [2.24, 2.45) is 0 Å². The highest BCUT2D eigenvalue weighted by atomic mass is 35.5. The van der Waals surface area contributed by atoms with E-state index in [2.05, 4.69) is 0 Å². The third-order valence-electron chi connectivity index (χ3n) is 4.09. The van der Waals surface area contributed by atoms with Gasteiger partial charge in [-0.2, -0.15) is 4.31 Å². The van der Waals surface area contributed by atoms with Gasteiger partial charge in [-0.3, -0.25) is 4.79 Å². The minimum absolute atomic E-state index is 0.0295. The first-order chi connectivity index (χ1) is 11.8. The molecule has 0 N–H and O–H groups in total. The maximum absolute atomic E-state index is 12.9. The van der Waals surface area contributed by atoms with E-state index in [1.54, 1.807) is 24.0 Å². The standard InChI is InChI=1S/C16H16Cl2N2O4S/c1-11-9-15(13(18)10-12(11)17)25(22,23)20-6-4-19(5-7-20)16(21)14-3-2-8-24-14/h2-3,8-10H,4-7H2,1H3. The van der Waals surface area contributed by atoms with E-state index in [1.807, 2.05) is 0 Å². The molecule has 0 bridgehead atoms. The molecule has 1 aliphatic rings. The number of sulfonamides is 1. The smallest absolute Gasteiger partial charge is 0.289 e. The van der Waals surface area contributed by atoms with Crippen molar-refractivity contribution in [2.45, 2.75) is 11.8 Å². The summed E-state index contributed by atoms with van der Waals surface area (Å²) in [6.07, 6.45) is 1.43. The van der Waals surface area contributed by atoms with E-state index in [0.29, 0.717) is 10.6 Å². The maximum atomic E-state index is 12.9. The molecule has 1 fully saturated rings. The molecule has 6 nitrogen and oxygen atoms in total. The van der Waals surface area contributed by atoms with E-state index in [9.17, 15) is 13.2 Å². The molecular formula is C16H16Cl2N2O4S. The fraction of sp³-hybridized carbons (Fsp3) is 0.312. The highest BCUT2D eigenvalue weighted by Gasteiger charge is 2.32. The van der Waals surface area contributed by atoms with Gasteiger partial charge in [0.15, 0.2) is 5.76 Å². The highest BCUT2D eigenvalue weighted by molar-refractivity contribution is 7.89. The van der Waals surface area contributed by atoms with Gasteiger partial charge < -0.3 is 9.32 Å². The molecule has 0 atom stereocenters. The van der Waals surface area contributed by atoms with Gasteiger partial charge in [0, 0.05) is 31.2 Å². The lowest BCUT2D eigenvalue weighted by molar-refractivity contribution is 0.0666. The predicted molar refractivity (Wildman–Crippen MR) is 94.6 cm³/mol. The summed E-state index contributed by atoms with van der Waals surface area (Å²) in [7, 11) is -3.75. The monoisotopic (exact) mass is 402 g/mol. The number of hydrogen-bond donors (Lipinski definition) is 0. The number of aryl methyl sites for hydroxylation is 1. The van der Waals surface area contributed by atoms with Crippen LogP contribution in [0.4, 0.5) is 0 Å². The zero-order chi connectivity index (χ0) is 18.2. The molecule has 3 rings (SSSR count). The number of piperazine rings is 1. The lowest BCUT2D eigenvalue weighted by Crippen LogP contribution is -2.50. The molecule has 1 aliphatic heterocycles. The van der Waals surface area contributed by atoms with Crippen LogP contribution in [0, 0.1) is 6.92 Å². The first kappa shape index (κ1) is 18.3. The van der Waals surface area contributed by atoms with Crippen molar-refractivity contribution in [2.75, 3.05) is 26.2 Å². The highest BCUT2D eigenvalue weighted by Crippen LogP contribution is 2.30. The lowest BCUT2D eigenvalue weighted by atomic mass is 10.2. The summed E-state index contributed by atoms with van der Waals surface area (Å²) in [5, 5.41) is 0.502. The van der Waals surface area contributed by atoms with E-state index in [0.717, 1.165) is 0 Å². The fourth-order valence-electron chi connectivity index (χ4n) is 2.66. The Morgan fingerprint density at radius 2 is 1.80 bits per heavy atom. The average molecular weight is 403 g/mol. The van der Waals surface area contributed by atoms with E-state index < -0.39 is 10.0 Å². The van der Waals surface area contributed by atoms with Crippen LogP contribution in [0.25, 0.3) is 0 Å². The van der Waals surface area contributed by atoms with E-state index >= 15 is 0 Å². The molecule has 1 aromatic carbocycles. The van der Waals surface area contributed by atoms with Crippen molar-refractivity contribution in [1.29, 1.82) is 0 Å². The van der Waals surface area contributed by atoms with Gasteiger partial charge in [0.2, 0.25) is 10.0 Å². The summed E-state index contributed by atoms with van der Waals surface area (Å²) in [5.41, 5.74) is 0.635. The van der Waals surface area contributed by atoms with Crippen LogP contribution in [0.3, 0.4) is 0 Å². The molecule has 0 saturated carbocycles.